The highest BCUT2D eigenvalue weighted by atomic mass is 16.4. The van der Waals surface area contributed by atoms with Crippen molar-refractivity contribution < 1.29 is 14.7 Å². The predicted octanol–water partition coefficient (Wildman–Crippen LogP) is 1.40. The summed E-state index contributed by atoms with van der Waals surface area (Å²) in [6, 6.07) is -0.670. The Balaban J connectivity index is 2.43. The number of carbonyl (C=O) groups excluding carboxylic acids is 1. The summed E-state index contributed by atoms with van der Waals surface area (Å²) >= 11 is 0. The highest BCUT2D eigenvalue weighted by Gasteiger charge is 2.37. The molecular formula is C11H19NO3. The zero-order valence-electron chi connectivity index (χ0n) is 9.32. The number of nitrogens with one attached hydrogen (secondary N) is 1. The first-order valence-corrected chi connectivity index (χ1v) is 5.59. The molecule has 0 aromatic heterocycles. The maximum atomic E-state index is 11.6. The van der Waals surface area contributed by atoms with Gasteiger partial charge in [-0.3, -0.25) is 4.79 Å². The number of carbonyl (C=O) groups is 2. The molecule has 0 radical (unpaired) electrons. The van der Waals surface area contributed by atoms with Crippen molar-refractivity contribution in [1.29, 1.82) is 0 Å². The van der Waals surface area contributed by atoms with Crippen molar-refractivity contribution in [1.82, 2.24) is 5.32 Å². The number of hydrogen-bond donors (Lipinski definition) is 2. The van der Waals surface area contributed by atoms with Crippen LogP contribution in [0.3, 0.4) is 0 Å². The van der Waals surface area contributed by atoms with Gasteiger partial charge in [-0.1, -0.05) is 20.3 Å². The molecular weight excluding hydrogens is 194 g/mol. The van der Waals surface area contributed by atoms with Gasteiger partial charge in [-0.05, 0) is 25.2 Å². The van der Waals surface area contributed by atoms with Crippen molar-refractivity contribution in [3.63, 3.8) is 0 Å². The van der Waals surface area contributed by atoms with Gasteiger partial charge in [0.05, 0.1) is 0 Å². The summed E-state index contributed by atoms with van der Waals surface area (Å²) in [5, 5.41) is 11.6. The lowest BCUT2D eigenvalue weighted by atomic mass is 10.0. The number of hydrogen-bond acceptors (Lipinski definition) is 2. The summed E-state index contributed by atoms with van der Waals surface area (Å²) in [5.41, 5.74) is 0. The quantitative estimate of drug-likeness (QED) is 0.701. The molecule has 1 rings (SSSR count). The van der Waals surface area contributed by atoms with E-state index in [1.165, 1.54) is 0 Å². The molecule has 1 saturated carbocycles. The monoisotopic (exact) mass is 213 g/mol. The van der Waals surface area contributed by atoms with Gasteiger partial charge in [-0.25, -0.2) is 4.79 Å². The van der Waals surface area contributed by atoms with Crippen LogP contribution in [0.15, 0.2) is 0 Å². The average molecular weight is 213 g/mol. The van der Waals surface area contributed by atoms with Gasteiger partial charge in [0.2, 0.25) is 5.91 Å². The molecule has 0 aromatic rings. The van der Waals surface area contributed by atoms with Gasteiger partial charge in [0.1, 0.15) is 6.04 Å². The van der Waals surface area contributed by atoms with Gasteiger partial charge in [-0.15, -0.1) is 0 Å². The number of carboxylic acid groups (broad SMARTS) is 1. The number of aliphatic carboxylic acids is 1. The molecule has 0 bridgehead atoms. The average Bonchev–Trinajstić information content (AvgIpc) is 2.97. The zero-order valence-corrected chi connectivity index (χ0v) is 9.32. The predicted molar refractivity (Wildman–Crippen MR) is 56.4 cm³/mol. The van der Waals surface area contributed by atoms with Crippen LogP contribution in [0.4, 0.5) is 0 Å². The van der Waals surface area contributed by atoms with Crippen LogP contribution in [0, 0.1) is 11.8 Å². The van der Waals surface area contributed by atoms with Crippen LogP contribution in [0.5, 0.6) is 0 Å². The zero-order chi connectivity index (χ0) is 11.4. The molecule has 1 aliphatic carbocycles. The lowest BCUT2D eigenvalue weighted by molar-refractivity contribution is -0.143. The van der Waals surface area contributed by atoms with Crippen molar-refractivity contribution >= 4 is 11.9 Å². The van der Waals surface area contributed by atoms with Crippen molar-refractivity contribution in [2.24, 2.45) is 11.8 Å². The molecule has 0 saturated heterocycles. The van der Waals surface area contributed by atoms with Crippen molar-refractivity contribution in [3.05, 3.63) is 0 Å². The van der Waals surface area contributed by atoms with Gasteiger partial charge in [-0.2, -0.15) is 0 Å². The Labute approximate surface area is 90.0 Å². The smallest absolute Gasteiger partial charge is 0.326 e. The summed E-state index contributed by atoms with van der Waals surface area (Å²) in [5.74, 6) is -0.971. The Bertz CT molecular complexity index is 248. The highest BCUT2D eigenvalue weighted by molar-refractivity contribution is 5.85. The largest absolute Gasteiger partial charge is 0.480 e. The fraction of sp³-hybridized carbons (Fsp3) is 0.818. The summed E-state index contributed by atoms with van der Waals surface area (Å²) in [4.78, 5) is 22.5. The number of carboxylic acids is 1. The molecule has 86 valence electrons. The van der Waals surface area contributed by atoms with Crippen LogP contribution in [0.25, 0.3) is 0 Å². The Morgan fingerprint density at radius 3 is 2.47 bits per heavy atom. The van der Waals surface area contributed by atoms with Crippen molar-refractivity contribution in [2.45, 2.75) is 45.6 Å². The molecule has 0 aromatic carbocycles. The van der Waals surface area contributed by atoms with Crippen LogP contribution < -0.4 is 5.32 Å². The van der Waals surface area contributed by atoms with E-state index >= 15 is 0 Å². The standard InChI is InChI=1S/C11H19NO3/c1-3-4-7(2)10(13)12-9(11(14)15)8-5-6-8/h7-9H,3-6H2,1-2H3,(H,12,13)(H,14,15). The van der Waals surface area contributed by atoms with Crippen molar-refractivity contribution in [3.8, 4) is 0 Å². The second-order valence-corrected chi connectivity index (χ2v) is 4.35. The maximum absolute atomic E-state index is 11.6. The second kappa shape index (κ2) is 5.14. The number of rotatable bonds is 6. The minimum atomic E-state index is -0.908. The van der Waals surface area contributed by atoms with E-state index in [1.807, 2.05) is 13.8 Å². The minimum absolute atomic E-state index is 0.0874. The highest BCUT2D eigenvalue weighted by Crippen LogP contribution is 2.32. The van der Waals surface area contributed by atoms with E-state index in [-0.39, 0.29) is 17.7 Å². The van der Waals surface area contributed by atoms with Crippen LogP contribution >= 0.6 is 0 Å². The third-order valence-electron chi connectivity index (χ3n) is 2.83. The van der Waals surface area contributed by atoms with Crippen LogP contribution in [-0.4, -0.2) is 23.0 Å². The van der Waals surface area contributed by atoms with E-state index in [2.05, 4.69) is 5.32 Å². The van der Waals surface area contributed by atoms with E-state index in [4.69, 9.17) is 5.11 Å². The van der Waals surface area contributed by atoms with Crippen LogP contribution in [0.1, 0.15) is 39.5 Å². The third kappa shape index (κ3) is 3.53. The second-order valence-electron chi connectivity index (χ2n) is 4.35. The minimum Gasteiger partial charge on any atom is -0.480 e. The lowest BCUT2D eigenvalue weighted by Crippen LogP contribution is -2.44. The Hall–Kier alpha value is -1.06. The first-order valence-electron chi connectivity index (χ1n) is 5.59. The first-order chi connectivity index (χ1) is 7.06. The summed E-state index contributed by atoms with van der Waals surface area (Å²) in [6.07, 6.45) is 3.58. The SMILES string of the molecule is CCCC(C)C(=O)NC(C(=O)O)C1CC1. The molecule has 0 aliphatic heterocycles. The molecule has 2 atom stereocenters. The molecule has 0 spiro atoms. The summed E-state index contributed by atoms with van der Waals surface area (Å²) in [7, 11) is 0. The van der Waals surface area contributed by atoms with Gasteiger partial charge in [0.15, 0.2) is 0 Å². The van der Waals surface area contributed by atoms with Gasteiger partial charge in [0, 0.05) is 5.92 Å². The Morgan fingerprint density at radius 1 is 1.47 bits per heavy atom. The summed E-state index contributed by atoms with van der Waals surface area (Å²) in [6.45, 7) is 3.85. The molecule has 15 heavy (non-hydrogen) atoms. The molecule has 0 heterocycles. The first kappa shape index (κ1) is 12.0. The van der Waals surface area contributed by atoms with E-state index in [0.29, 0.717) is 0 Å². The fourth-order valence-electron chi connectivity index (χ4n) is 1.67. The normalized spacial score (nSPS) is 19.3. The topological polar surface area (TPSA) is 66.4 Å². The van der Waals surface area contributed by atoms with Crippen LogP contribution in [-0.2, 0) is 9.59 Å². The number of amides is 1. The van der Waals surface area contributed by atoms with E-state index in [1.54, 1.807) is 0 Å². The Kier molecular flexibility index (Phi) is 4.12. The van der Waals surface area contributed by atoms with E-state index < -0.39 is 12.0 Å². The molecule has 2 N–H and O–H groups in total. The van der Waals surface area contributed by atoms with E-state index in [9.17, 15) is 9.59 Å². The fourth-order valence-corrected chi connectivity index (χ4v) is 1.67. The summed E-state index contributed by atoms with van der Waals surface area (Å²) < 4.78 is 0. The molecule has 4 heteroatoms. The van der Waals surface area contributed by atoms with E-state index in [0.717, 1.165) is 25.7 Å². The Morgan fingerprint density at radius 2 is 2.07 bits per heavy atom. The van der Waals surface area contributed by atoms with Gasteiger partial charge < -0.3 is 10.4 Å². The van der Waals surface area contributed by atoms with Gasteiger partial charge in [0.25, 0.3) is 0 Å². The maximum Gasteiger partial charge on any atom is 0.326 e. The van der Waals surface area contributed by atoms with Crippen LogP contribution in [0.2, 0.25) is 0 Å². The lowest BCUT2D eigenvalue weighted by Gasteiger charge is -2.16. The molecule has 1 amide bonds. The molecule has 1 fully saturated rings. The molecule has 1 aliphatic rings. The molecule has 4 nitrogen and oxygen atoms in total. The third-order valence-corrected chi connectivity index (χ3v) is 2.83. The molecule has 2 unspecified atom stereocenters. The van der Waals surface area contributed by atoms with Gasteiger partial charge >= 0.3 is 5.97 Å². The van der Waals surface area contributed by atoms with Crippen molar-refractivity contribution in [2.75, 3.05) is 0 Å².